The maximum absolute atomic E-state index is 14.3. The van der Waals surface area contributed by atoms with E-state index in [1.807, 2.05) is 82.9 Å². The summed E-state index contributed by atoms with van der Waals surface area (Å²) in [5.41, 5.74) is 5.84. The number of likely N-dealkylation sites (tertiary alicyclic amines) is 3. The van der Waals surface area contributed by atoms with E-state index in [1.54, 1.807) is 32.5 Å². The van der Waals surface area contributed by atoms with Crippen molar-refractivity contribution in [1.82, 2.24) is 40.2 Å². The van der Waals surface area contributed by atoms with E-state index < -0.39 is 12.1 Å². The lowest BCUT2D eigenvalue weighted by Gasteiger charge is -2.29. The fourth-order valence-electron chi connectivity index (χ4n) is 9.22. The monoisotopic (exact) mass is 920 g/mol. The first-order valence-electron chi connectivity index (χ1n) is 23.2. The topological polar surface area (TPSA) is 131 Å². The average molecular weight is 921 g/mol. The lowest BCUT2D eigenvalue weighted by Crippen LogP contribution is -2.47. The van der Waals surface area contributed by atoms with Crippen molar-refractivity contribution in [2.45, 2.75) is 76.5 Å². The third-order valence-corrected chi connectivity index (χ3v) is 15.0. The van der Waals surface area contributed by atoms with Crippen molar-refractivity contribution in [1.29, 1.82) is 0 Å². The molecule has 6 aromatic rings. The van der Waals surface area contributed by atoms with Gasteiger partial charge in [0, 0.05) is 51.7 Å². The van der Waals surface area contributed by atoms with E-state index in [-0.39, 0.29) is 29.9 Å². The number of carbonyl (C=O) groups is 4. The van der Waals surface area contributed by atoms with Gasteiger partial charge in [-0.2, -0.15) is 0 Å². The summed E-state index contributed by atoms with van der Waals surface area (Å²) in [7, 11) is 0. The molecule has 3 aliphatic rings. The highest BCUT2D eigenvalue weighted by Gasteiger charge is 2.38. The van der Waals surface area contributed by atoms with Gasteiger partial charge in [-0.25, -0.2) is 19.6 Å². The van der Waals surface area contributed by atoms with Crippen LogP contribution in [0.25, 0.3) is 32.0 Å². The van der Waals surface area contributed by atoms with Crippen LogP contribution in [0.5, 0.6) is 0 Å². The van der Waals surface area contributed by atoms with Crippen LogP contribution in [0.3, 0.4) is 0 Å². The molecule has 3 atom stereocenters. The first-order chi connectivity index (χ1) is 32.3. The van der Waals surface area contributed by atoms with E-state index in [4.69, 9.17) is 9.97 Å². The standard InChI is InChI=1S/C52H56N8O4S2/c1-2-27-59(49(61)46(40-14-5-3-6-15-40)55-51(63)57-28-9-10-29-57)35-45-53-33-43(65-45)38-23-19-36(20-24-38)37-21-25-39(26-22-37)44-34-54-48(66-44)42-18-13-32-60(42)50(62)47(41-16-7-4-8-17-41)56-52(64)58-30-11-12-31-58/h3-8,14-17,19-26,33-34,42,46-47H,2,9-13,18,27-32,35H2,1H3,(H,55,63)(H,56,64). The second-order valence-electron chi connectivity index (χ2n) is 17.3. The summed E-state index contributed by atoms with van der Waals surface area (Å²) in [5, 5.41) is 7.86. The van der Waals surface area contributed by atoms with Crippen molar-refractivity contribution in [2.24, 2.45) is 0 Å². The van der Waals surface area contributed by atoms with E-state index >= 15 is 0 Å². The SMILES string of the molecule is CCCN(Cc1ncc(-c2ccc(-c3ccc(-c4cnc(C5CCCN5C(=O)C(NC(=O)N5CCCC5)c5ccccc5)s4)cc3)cc2)s1)C(=O)C(NC(=O)N1CCCC1)c1ccccc1. The number of hydrogen-bond donors (Lipinski definition) is 2. The zero-order valence-electron chi connectivity index (χ0n) is 37.3. The summed E-state index contributed by atoms with van der Waals surface area (Å²) in [4.78, 5) is 73.9. The van der Waals surface area contributed by atoms with Gasteiger partial charge in [0.1, 0.15) is 22.1 Å². The molecule has 0 saturated carbocycles. The van der Waals surface area contributed by atoms with Crippen LogP contribution in [-0.2, 0) is 16.1 Å². The number of benzene rings is 4. The Hall–Kier alpha value is -6.38. The van der Waals surface area contributed by atoms with Crippen molar-refractivity contribution in [3.05, 3.63) is 143 Å². The Labute approximate surface area is 394 Å². The molecule has 5 heterocycles. The van der Waals surface area contributed by atoms with Gasteiger partial charge in [-0.3, -0.25) is 9.59 Å². The molecule has 3 unspecified atom stereocenters. The minimum Gasteiger partial charge on any atom is -0.334 e. The molecule has 4 aromatic carbocycles. The van der Waals surface area contributed by atoms with Crippen LogP contribution in [0.2, 0.25) is 0 Å². The van der Waals surface area contributed by atoms with Crippen LogP contribution in [0.4, 0.5) is 9.59 Å². The van der Waals surface area contributed by atoms with E-state index in [0.717, 1.165) is 98.1 Å². The van der Waals surface area contributed by atoms with Gasteiger partial charge in [-0.15, -0.1) is 22.7 Å². The van der Waals surface area contributed by atoms with E-state index in [9.17, 15) is 19.2 Å². The number of urea groups is 2. The Morgan fingerprint density at radius 2 is 1.12 bits per heavy atom. The molecule has 3 aliphatic heterocycles. The Kier molecular flexibility index (Phi) is 14.2. The van der Waals surface area contributed by atoms with Gasteiger partial charge in [-0.1, -0.05) is 116 Å². The molecule has 6 amide bonds. The Morgan fingerprint density at radius 3 is 1.68 bits per heavy atom. The summed E-state index contributed by atoms with van der Waals surface area (Å²) in [5.74, 6) is -0.239. The minimum atomic E-state index is -0.785. The highest BCUT2D eigenvalue weighted by Crippen LogP contribution is 2.39. The number of amides is 6. The van der Waals surface area contributed by atoms with Crippen molar-refractivity contribution in [2.75, 3.05) is 39.3 Å². The van der Waals surface area contributed by atoms with Gasteiger partial charge in [-0.05, 0) is 78.3 Å². The molecule has 0 radical (unpaired) electrons. The molecule has 0 spiro atoms. The molecule has 9 rings (SSSR count). The van der Waals surface area contributed by atoms with E-state index in [2.05, 4.69) is 66.1 Å². The Balaban J connectivity index is 0.842. The summed E-state index contributed by atoms with van der Waals surface area (Å²) in [6, 6.07) is 33.9. The largest absolute Gasteiger partial charge is 0.334 e. The third-order valence-electron chi connectivity index (χ3n) is 12.8. The molecule has 66 heavy (non-hydrogen) atoms. The molecule has 2 N–H and O–H groups in total. The van der Waals surface area contributed by atoms with Crippen LogP contribution >= 0.6 is 22.7 Å². The average Bonchev–Trinajstić information content (AvgIpc) is 4.23. The second-order valence-corrected chi connectivity index (χ2v) is 19.4. The molecule has 12 nitrogen and oxygen atoms in total. The lowest BCUT2D eigenvalue weighted by atomic mass is 10.0. The first kappa shape index (κ1) is 44.8. The van der Waals surface area contributed by atoms with Crippen molar-refractivity contribution in [3.8, 4) is 32.0 Å². The molecule has 3 fully saturated rings. The van der Waals surface area contributed by atoms with Gasteiger partial charge < -0.3 is 30.2 Å². The number of aromatic nitrogens is 2. The molecule has 14 heteroatoms. The molecule has 0 bridgehead atoms. The van der Waals surface area contributed by atoms with E-state index in [1.165, 1.54) is 0 Å². The Bertz CT molecular complexity index is 2590. The van der Waals surface area contributed by atoms with Gasteiger partial charge in [0.05, 0.1) is 22.3 Å². The van der Waals surface area contributed by atoms with Gasteiger partial charge in [0.15, 0.2) is 0 Å². The maximum atomic E-state index is 14.3. The lowest BCUT2D eigenvalue weighted by molar-refractivity contribution is -0.135. The summed E-state index contributed by atoms with van der Waals surface area (Å²) < 4.78 is 0. The molecular weight excluding hydrogens is 865 g/mol. The van der Waals surface area contributed by atoms with Gasteiger partial charge in [0.2, 0.25) is 11.8 Å². The number of nitrogens with one attached hydrogen (secondary N) is 2. The first-order valence-corrected chi connectivity index (χ1v) is 24.9. The molecule has 3 saturated heterocycles. The number of carbonyl (C=O) groups excluding carboxylic acids is 4. The van der Waals surface area contributed by atoms with Crippen LogP contribution in [-0.4, -0.2) is 92.7 Å². The highest BCUT2D eigenvalue weighted by molar-refractivity contribution is 7.15. The predicted octanol–water partition coefficient (Wildman–Crippen LogP) is 10.1. The maximum Gasteiger partial charge on any atom is 0.318 e. The molecular formula is C52H56N8O4S2. The van der Waals surface area contributed by atoms with Gasteiger partial charge in [0.25, 0.3) is 0 Å². The fraction of sp³-hybridized carbons (Fsp3) is 0.346. The van der Waals surface area contributed by atoms with Crippen molar-refractivity contribution < 1.29 is 19.2 Å². The predicted molar refractivity (Wildman–Crippen MR) is 261 cm³/mol. The van der Waals surface area contributed by atoms with Crippen LogP contribution in [0.1, 0.15) is 91.1 Å². The van der Waals surface area contributed by atoms with Crippen LogP contribution in [0.15, 0.2) is 122 Å². The normalized spacial score (nSPS) is 16.9. The number of rotatable bonds is 14. The van der Waals surface area contributed by atoms with Crippen molar-refractivity contribution in [3.63, 3.8) is 0 Å². The zero-order valence-corrected chi connectivity index (χ0v) is 38.9. The molecule has 2 aromatic heterocycles. The van der Waals surface area contributed by atoms with Crippen LogP contribution < -0.4 is 10.6 Å². The van der Waals surface area contributed by atoms with E-state index in [0.29, 0.717) is 45.8 Å². The summed E-state index contributed by atoms with van der Waals surface area (Å²) in [6.07, 6.45) is 10.2. The summed E-state index contributed by atoms with van der Waals surface area (Å²) in [6.45, 7) is 6.41. The van der Waals surface area contributed by atoms with Crippen molar-refractivity contribution >= 4 is 46.6 Å². The Morgan fingerprint density at radius 1 is 0.621 bits per heavy atom. The highest BCUT2D eigenvalue weighted by atomic mass is 32.1. The molecule has 0 aliphatic carbocycles. The fourth-order valence-corrected chi connectivity index (χ4v) is 11.2. The number of hydrogen-bond acceptors (Lipinski definition) is 8. The van der Waals surface area contributed by atoms with Gasteiger partial charge >= 0.3 is 12.1 Å². The third kappa shape index (κ3) is 10.2. The number of thiazole rings is 2. The molecule has 340 valence electrons. The minimum absolute atomic E-state index is 0.0992. The quantitative estimate of drug-likeness (QED) is 0.112. The smallest absolute Gasteiger partial charge is 0.318 e. The second kappa shape index (κ2) is 20.8. The zero-order chi connectivity index (χ0) is 45.4. The summed E-state index contributed by atoms with van der Waals surface area (Å²) >= 11 is 3.19. The number of nitrogens with zero attached hydrogens (tertiary/aromatic N) is 6. The van der Waals surface area contributed by atoms with Crippen LogP contribution in [0, 0.1) is 0 Å².